The van der Waals surface area contributed by atoms with Crippen molar-refractivity contribution in [2.24, 2.45) is 11.8 Å². The minimum atomic E-state index is 0.482. The van der Waals surface area contributed by atoms with Crippen molar-refractivity contribution < 1.29 is 13.8 Å². The van der Waals surface area contributed by atoms with Gasteiger partial charge in [0.25, 0.3) is 11.8 Å². The maximum atomic E-state index is 6.00. The fraction of sp³-hybridized carbons (Fsp3) is 0.450. The molecule has 1 saturated heterocycles. The van der Waals surface area contributed by atoms with Gasteiger partial charge in [0, 0.05) is 17.4 Å². The minimum Gasteiger partial charge on any atom is -0.415 e. The van der Waals surface area contributed by atoms with E-state index in [0.717, 1.165) is 48.3 Å². The van der Waals surface area contributed by atoms with Crippen molar-refractivity contribution in [3.8, 4) is 22.7 Å². The number of hydrogen-bond acceptors (Lipinski definition) is 5. The van der Waals surface area contributed by atoms with Crippen molar-refractivity contribution in [2.45, 2.75) is 33.7 Å². The van der Waals surface area contributed by atoms with Gasteiger partial charge in [0.05, 0.1) is 13.1 Å². The highest BCUT2D eigenvalue weighted by Gasteiger charge is 2.28. The highest BCUT2D eigenvalue weighted by Crippen LogP contribution is 2.33. The van der Waals surface area contributed by atoms with Crippen molar-refractivity contribution in [2.75, 3.05) is 13.1 Å². The third-order valence-corrected chi connectivity index (χ3v) is 5.07. The molecular formula is C20H25N4O2+. The zero-order valence-electron chi connectivity index (χ0n) is 15.5. The summed E-state index contributed by atoms with van der Waals surface area (Å²) in [7, 11) is 0. The van der Waals surface area contributed by atoms with Gasteiger partial charge in [0.1, 0.15) is 17.0 Å². The predicted octanol–water partition coefficient (Wildman–Crippen LogP) is 2.76. The fourth-order valence-corrected chi connectivity index (χ4v) is 4.12. The summed E-state index contributed by atoms with van der Waals surface area (Å²) in [4.78, 5) is 1.51. The van der Waals surface area contributed by atoms with E-state index in [2.05, 4.69) is 29.2 Å². The van der Waals surface area contributed by atoms with Gasteiger partial charge in [-0.1, -0.05) is 49.3 Å². The summed E-state index contributed by atoms with van der Waals surface area (Å²) in [6.07, 6.45) is 1.30. The molecule has 1 aromatic carbocycles. The van der Waals surface area contributed by atoms with Gasteiger partial charge in [-0.3, -0.25) is 0 Å². The average molecular weight is 353 g/mol. The molecule has 0 amide bonds. The zero-order chi connectivity index (χ0) is 18.1. The number of aryl methyl sites for hydroxylation is 1. The van der Waals surface area contributed by atoms with Gasteiger partial charge in [-0.25, -0.2) is 0 Å². The number of likely N-dealkylation sites (tertiary alicyclic amines) is 1. The quantitative estimate of drug-likeness (QED) is 0.781. The van der Waals surface area contributed by atoms with Crippen LogP contribution in [-0.2, 0) is 6.54 Å². The van der Waals surface area contributed by atoms with E-state index in [4.69, 9.17) is 8.94 Å². The summed E-state index contributed by atoms with van der Waals surface area (Å²) in [5.41, 5.74) is 2.50. The van der Waals surface area contributed by atoms with Crippen LogP contribution in [0.25, 0.3) is 22.7 Å². The minimum absolute atomic E-state index is 0.482. The number of piperidine rings is 1. The molecule has 0 aliphatic carbocycles. The first-order valence-corrected chi connectivity index (χ1v) is 9.28. The smallest absolute Gasteiger partial charge is 0.271 e. The Morgan fingerprint density at radius 1 is 1.08 bits per heavy atom. The SMILES string of the molecule is Cc1onc(-c2ccccc2)c1-c1nnc(C[NH+]2C[C@@H](C)C[C@H](C)C2)o1. The molecule has 6 nitrogen and oxygen atoms in total. The Balaban J connectivity index is 1.58. The lowest BCUT2D eigenvalue weighted by Crippen LogP contribution is -3.13. The van der Waals surface area contributed by atoms with Gasteiger partial charge < -0.3 is 13.8 Å². The van der Waals surface area contributed by atoms with E-state index in [1.807, 2.05) is 37.3 Å². The zero-order valence-corrected chi connectivity index (χ0v) is 15.5. The molecule has 1 aliphatic heterocycles. The molecule has 0 bridgehead atoms. The third-order valence-electron chi connectivity index (χ3n) is 5.07. The summed E-state index contributed by atoms with van der Waals surface area (Å²) in [5, 5.41) is 12.8. The van der Waals surface area contributed by atoms with Gasteiger partial charge in [-0.05, 0) is 13.3 Å². The van der Waals surface area contributed by atoms with Crippen molar-refractivity contribution in [1.29, 1.82) is 0 Å². The van der Waals surface area contributed by atoms with Crippen LogP contribution in [0.4, 0.5) is 0 Å². The summed E-state index contributed by atoms with van der Waals surface area (Å²) >= 11 is 0. The van der Waals surface area contributed by atoms with E-state index in [1.165, 1.54) is 11.3 Å². The normalized spacial score (nSPS) is 23.3. The molecule has 3 aromatic rings. The molecule has 1 fully saturated rings. The number of quaternary nitrogens is 1. The molecule has 0 radical (unpaired) electrons. The average Bonchev–Trinajstić information content (AvgIpc) is 3.21. The molecule has 26 heavy (non-hydrogen) atoms. The van der Waals surface area contributed by atoms with Crippen LogP contribution in [-0.4, -0.2) is 28.4 Å². The van der Waals surface area contributed by atoms with Crippen LogP contribution in [0.1, 0.15) is 31.9 Å². The second-order valence-electron chi connectivity index (χ2n) is 7.61. The van der Waals surface area contributed by atoms with E-state index >= 15 is 0 Å². The molecule has 2 atom stereocenters. The van der Waals surface area contributed by atoms with Crippen LogP contribution in [0.15, 0.2) is 39.3 Å². The van der Waals surface area contributed by atoms with E-state index in [0.29, 0.717) is 17.5 Å². The molecule has 1 N–H and O–H groups in total. The Kier molecular flexibility index (Phi) is 4.59. The summed E-state index contributed by atoms with van der Waals surface area (Å²) in [6, 6.07) is 9.93. The monoisotopic (exact) mass is 353 g/mol. The second-order valence-corrected chi connectivity index (χ2v) is 7.61. The maximum absolute atomic E-state index is 6.00. The second kappa shape index (κ2) is 7.03. The Labute approximate surface area is 153 Å². The lowest BCUT2D eigenvalue weighted by atomic mass is 9.92. The number of benzene rings is 1. The molecule has 136 valence electrons. The molecule has 4 rings (SSSR count). The predicted molar refractivity (Wildman–Crippen MR) is 97.3 cm³/mol. The summed E-state index contributed by atoms with van der Waals surface area (Å²) in [5.74, 6) is 3.32. The summed E-state index contributed by atoms with van der Waals surface area (Å²) < 4.78 is 11.4. The van der Waals surface area contributed by atoms with Crippen LogP contribution < -0.4 is 4.90 Å². The number of aromatic nitrogens is 3. The Morgan fingerprint density at radius 3 is 2.54 bits per heavy atom. The van der Waals surface area contributed by atoms with E-state index < -0.39 is 0 Å². The van der Waals surface area contributed by atoms with Crippen LogP contribution in [0.5, 0.6) is 0 Å². The first kappa shape index (κ1) is 17.0. The Hall–Kier alpha value is -2.47. The largest absolute Gasteiger partial charge is 0.415 e. The first-order valence-electron chi connectivity index (χ1n) is 9.28. The Bertz CT molecular complexity index is 861. The van der Waals surface area contributed by atoms with Crippen LogP contribution in [0.2, 0.25) is 0 Å². The summed E-state index contributed by atoms with van der Waals surface area (Å²) in [6.45, 7) is 9.60. The van der Waals surface area contributed by atoms with Crippen molar-refractivity contribution in [3.05, 3.63) is 42.0 Å². The number of hydrogen-bond donors (Lipinski definition) is 1. The lowest BCUT2D eigenvalue weighted by molar-refractivity contribution is -0.926. The van der Waals surface area contributed by atoms with Crippen molar-refractivity contribution in [3.63, 3.8) is 0 Å². The van der Waals surface area contributed by atoms with Crippen molar-refractivity contribution >= 4 is 0 Å². The van der Waals surface area contributed by atoms with Gasteiger partial charge in [-0.15, -0.1) is 10.2 Å². The van der Waals surface area contributed by atoms with Crippen LogP contribution in [0.3, 0.4) is 0 Å². The molecule has 1 aliphatic rings. The van der Waals surface area contributed by atoms with Gasteiger partial charge in [0.15, 0.2) is 6.54 Å². The van der Waals surface area contributed by atoms with Gasteiger partial charge in [0.2, 0.25) is 0 Å². The van der Waals surface area contributed by atoms with Gasteiger partial charge >= 0.3 is 0 Å². The fourth-order valence-electron chi connectivity index (χ4n) is 4.12. The van der Waals surface area contributed by atoms with E-state index in [1.54, 1.807) is 0 Å². The standard InChI is InChI=1S/C20H24N4O2/c1-13-9-14(2)11-24(10-13)12-17-21-22-20(25-17)18-15(3)26-23-19(18)16-7-5-4-6-8-16/h4-8,13-14H,9-12H2,1-3H3/p+1/t13-,14-/m0/s1. The third kappa shape index (κ3) is 3.42. The molecule has 0 spiro atoms. The van der Waals surface area contributed by atoms with E-state index in [-0.39, 0.29) is 0 Å². The topological polar surface area (TPSA) is 69.4 Å². The Morgan fingerprint density at radius 2 is 1.81 bits per heavy atom. The molecule has 0 unspecified atom stereocenters. The number of rotatable bonds is 4. The molecule has 2 aromatic heterocycles. The molecule has 6 heteroatoms. The molecule has 0 saturated carbocycles. The lowest BCUT2D eigenvalue weighted by Gasteiger charge is -2.30. The maximum Gasteiger partial charge on any atom is 0.271 e. The highest BCUT2D eigenvalue weighted by atomic mass is 16.5. The van der Waals surface area contributed by atoms with Crippen LogP contribution >= 0.6 is 0 Å². The number of nitrogens with zero attached hydrogens (tertiary/aromatic N) is 3. The first-order chi connectivity index (χ1) is 12.6. The van der Waals surface area contributed by atoms with Crippen LogP contribution in [0, 0.1) is 18.8 Å². The highest BCUT2D eigenvalue weighted by molar-refractivity contribution is 5.77. The number of nitrogens with one attached hydrogen (secondary N) is 1. The van der Waals surface area contributed by atoms with Crippen molar-refractivity contribution in [1.82, 2.24) is 15.4 Å². The van der Waals surface area contributed by atoms with Gasteiger partial charge in [-0.2, -0.15) is 0 Å². The molecular weight excluding hydrogens is 328 g/mol. The molecule has 3 heterocycles. The van der Waals surface area contributed by atoms with E-state index in [9.17, 15) is 0 Å².